The van der Waals surface area contributed by atoms with Gasteiger partial charge in [-0.25, -0.2) is 17.9 Å². The third-order valence-electron chi connectivity index (χ3n) is 13.2. The van der Waals surface area contributed by atoms with E-state index in [0.29, 0.717) is 29.2 Å². The van der Waals surface area contributed by atoms with Gasteiger partial charge in [0.05, 0.1) is 4.90 Å². The van der Waals surface area contributed by atoms with Gasteiger partial charge in [0, 0.05) is 6.54 Å². The molecular formula is C36H58N2O3S. The van der Waals surface area contributed by atoms with Gasteiger partial charge in [0.25, 0.3) is 10.0 Å². The number of benzene rings is 1. The second-order valence-corrected chi connectivity index (χ2v) is 18.0. The summed E-state index contributed by atoms with van der Waals surface area (Å²) in [6.07, 6.45) is 14.9. The summed E-state index contributed by atoms with van der Waals surface area (Å²) in [7, 11) is -3.91. The minimum absolute atomic E-state index is 0.0650. The highest BCUT2D eigenvalue weighted by Crippen LogP contribution is 2.69. The van der Waals surface area contributed by atoms with Crippen molar-refractivity contribution >= 4 is 16.1 Å². The van der Waals surface area contributed by atoms with Crippen LogP contribution in [0.4, 0.5) is 4.79 Å². The lowest BCUT2D eigenvalue weighted by molar-refractivity contribution is -0.138. The summed E-state index contributed by atoms with van der Waals surface area (Å²) in [5, 5.41) is 2.85. The van der Waals surface area contributed by atoms with Gasteiger partial charge in [0.1, 0.15) is 0 Å². The zero-order valence-electron chi connectivity index (χ0n) is 27.5. The highest BCUT2D eigenvalue weighted by Gasteiger charge is 2.61. The minimum Gasteiger partial charge on any atom is -0.337 e. The highest BCUT2D eigenvalue weighted by atomic mass is 32.2. The molecule has 1 aromatic carbocycles. The molecule has 2 amide bonds. The van der Waals surface area contributed by atoms with E-state index in [1.807, 2.05) is 12.1 Å². The molecule has 0 aliphatic heterocycles. The van der Waals surface area contributed by atoms with E-state index in [1.54, 1.807) is 12.1 Å². The number of sulfonamides is 1. The van der Waals surface area contributed by atoms with E-state index in [1.165, 1.54) is 64.2 Å². The highest BCUT2D eigenvalue weighted by molar-refractivity contribution is 7.90. The monoisotopic (exact) mass is 598 g/mol. The molecule has 0 heterocycles. The average Bonchev–Trinajstić information content (AvgIpc) is 3.29. The Morgan fingerprint density at radius 2 is 1.64 bits per heavy atom. The van der Waals surface area contributed by atoms with Crippen LogP contribution in [0.2, 0.25) is 0 Å². The Morgan fingerprint density at radius 1 is 0.952 bits per heavy atom. The zero-order valence-corrected chi connectivity index (χ0v) is 28.3. The first-order chi connectivity index (χ1) is 19.7. The first-order valence-corrected chi connectivity index (χ1v) is 18.6. The van der Waals surface area contributed by atoms with E-state index >= 15 is 0 Å². The molecule has 0 radical (unpaired) electrons. The molecule has 1 unspecified atom stereocenters. The summed E-state index contributed by atoms with van der Waals surface area (Å²) in [4.78, 5) is 12.7. The Kier molecular flexibility index (Phi) is 8.91. The molecule has 0 aromatic heterocycles. The second-order valence-electron chi connectivity index (χ2n) is 16.3. The molecule has 5 rings (SSSR count). The van der Waals surface area contributed by atoms with E-state index in [2.05, 4.69) is 58.5 Å². The van der Waals surface area contributed by atoms with Crippen LogP contribution in [0.5, 0.6) is 0 Å². The molecule has 2 N–H and O–H groups in total. The normalized spacial score (nSPS) is 37.2. The van der Waals surface area contributed by atoms with Crippen LogP contribution in [0, 0.1) is 52.3 Å². The van der Waals surface area contributed by atoms with Crippen molar-refractivity contribution in [2.45, 2.75) is 129 Å². The molecule has 4 saturated carbocycles. The third kappa shape index (κ3) is 5.79. The van der Waals surface area contributed by atoms with Crippen LogP contribution in [-0.2, 0) is 15.4 Å². The molecule has 9 atom stereocenters. The van der Waals surface area contributed by atoms with E-state index in [0.717, 1.165) is 41.6 Å². The fourth-order valence-corrected chi connectivity index (χ4v) is 11.9. The standard InChI is InChI=1S/C36H58N2O3S/c1-8-25-23-28-31-17-16-29(36(31,7)21-18-32(28)35(6)20-10-9-11-30(25)35)24(2)19-22-37-33(39)38-42(40,41)27-14-12-26(13-15-27)34(3,4)5/h12-15,24-25,28-32H,8-11,16-23H2,1-7H3,(H2,37,38,39)/t24-,25+,28+,29?,30+,31+,32+,35+,36-/m1/s1. The van der Waals surface area contributed by atoms with Crippen molar-refractivity contribution < 1.29 is 13.2 Å². The van der Waals surface area contributed by atoms with Gasteiger partial charge in [0.15, 0.2) is 0 Å². The zero-order chi connectivity index (χ0) is 30.5. The van der Waals surface area contributed by atoms with Crippen molar-refractivity contribution in [1.29, 1.82) is 0 Å². The molecule has 5 nitrogen and oxygen atoms in total. The van der Waals surface area contributed by atoms with Crippen LogP contribution in [0.15, 0.2) is 29.2 Å². The number of carbonyl (C=O) groups is 1. The van der Waals surface area contributed by atoms with E-state index in [9.17, 15) is 13.2 Å². The summed E-state index contributed by atoms with van der Waals surface area (Å²) in [6.45, 7) is 16.9. The molecule has 6 heteroatoms. The molecule has 0 bridgehead atoms. The summed E-state index contributed by atoms with van der Waals surface area (Å²) in [5.41, 5.74) is 1.93. The minimum atomic E-state index is -3.91. The van der Waals surface area contributed by atoms with Crippen molar-refractivity contribution in [2.24, 2.45) is 52.3 Å². The summed E-state index contributed by atoms with van der Waals surface area (Å²) >= 11 is 0. The lowest BCUT2D eigenvalue weighted by Gasteiger charge is -2.63. The fourth-order valence-electron chi connectivity index (χ4n) is 11.0. The van der Waals surface area contributed by atoms with Crippen molar-refractivity contribution in [3.8, 4) is 0 Å². The maximum Gasteiger partial charge on any atom is 0.328 e. The first-order valence-electron chi connectivity index (χ1n) is 17.1. The van der Waals surface area contributed by atoms with Crippen molar-refractivity contribution in [3.63, 3.8) is 0 Å². The summed E-state index contributed by atoms with van der Waals surface area (Å²) < 4.78 is 27.8. The van der Waals surface area contributed by atoms with Gasteiger partial charge in [-0.15, -0.1) is 0 Å². The number of carbonyl (C=O) groups excluding carboxylic acids is 1. The number of fused-ring (bicyclic) bond motifs is 5. The molecule has 42 heavy (non-hydrogen) atoms. The molecule has 4 fully saturated rings. The van der Waals surface area contributed by atoms with Crippen LogP contribution in [0.3, 0.4) is 0 Å². The maximum absolute atomic E-state index is 12.8. The summed E-state index contributed by atoms with van der Waals surface area (Å²) in [5.74, 6) is 5.67. The Morgan fingerprint density at radius 3 is 2.31 bits per heavy atom. The van der Waals surface area contributed by atoms with E-state index in [-0.39, 0.29) is 10.3 Å². The molecular weight excluding hydrogens is 540 g/mol. The number of nitrogens with one attached hydrogen (secondary N) is 2. The Balaban J connectivity index is 1.17. The first kappa shape index (κ1) is 31.9. The predicted octanol–water partition coefficient (Wildman–Crippen LogP) is 8.68. The average molecular weight is 599 g/mol. The van der Waals surface area contributed by atoms with Crippen molar-refractivity contribution in [1.82, 2.24) is 10.0 Å². The van der Waals surface area contributed by atoms with Gasteiger partial charge in [0.2, 0.25) is 0 Å². The fraction of sp³-hybridized carbons (Fsp3) is 0.806. The maximum atomic E-state index is 12.8. The predicted molar refractivity (Wildman–Crippen MR) is 172 cm³/mol. The number of hydrogen-bond acceptors (Lipinski definition) is 3. The number of amides is 2. The van der Waals surface area contributed by atoms with Gasteiger partial charge >= 0.3 is 6.03 Å². The van der Waals surface area contributed by atoms with Crippen LogP contribution in [0.1, 0.15) is 125 Å². The number of urea groups is 1. The SMILES string of the molecule is CC[C@H]1C[C@@H]2[C@H](CC[C@]3(C)C([C@H](C)CCNC(=O)NS(=O)(=O)c4ccc(C(C)(C)C)cc4)CC[C@@H]23)[C@@]2(C)CCCC[C@@H]12. The molecule has 0 spiro atoms. The lowest BCUT2D eigenvalue weighted by Crippen LogP contribution is -2.55. The van der Waals surface area contributed by atoms with Crippen LogP contribution < -0.4 is 10.0 Å². The van der Waals surface area contributed by atoms with Gasteiger partial charge in [-0.2, -0.15) is 0 Å². The van der Waals surface area contributed by atoms with Crippen molar-refractivity contribution in [3.05, 3.63) is 29.8 Å². The Hall–Kier alpha value is -1.56. The molecule has 236 valence electrons. The van der Waals surface area contributed by atoms with E-state index in [4.69, 9.17) is 0 Å². The summed E-state index contributed by atoms with van der Waals surface area (Å²) in [6, 6.07) is 6.16. The molecule has 4 aliphatic carbocycles. The number of hydrogen-bond donors (Lipinski definition) is 2. The van der Waals surface area contributed by atoms with Gasteiger partial charge in [-0.05, 0) is 127 Å². The van der Waals surface area contributed by atoms with Crippen LogP contribution in [0.25, 0.3) is 0 Å². The lowest BCUT2D eigenvalue weighted by atomic mass is 9.42. The second kappa shape index (κ2) is 11.7. The largest absolute Gasteiger partial charge is 0.337 e. The Bertz CT molecular complexity index is 1220. The topological polar surface area (TPSA) is 75.3 Å². The van der Waals surface area contributed by atoms with Crippen molar-refractivity contribution in [2.75, 3.05) is 6.54 Å². The van der Waals surface area contributed by atoms with Crippen LogP contribution in [-0.4, -0.2) is 21.0 Å². The molecule has 0 saturated heterocycles. The van der Waals surface area contributed by atoms with Gasteiger partial charge in [-0.1, -0.05) is 79.9 Å². The van der Waals surface area contributed by atoms with Gasteiger partial charge in [-0.3, -0.25) is 0 Å². The van der Waals surface area contributed by atoms with E-state index < -0.39 is 16.1 Å². The van der Waals surface area contributed by atoms with Crippen LogP contribution >= 0.6 is 0 Å². The Labute approximate surface area is 256 Å². The smallest absolute Gasteiger partial charge is 0.328 e. The quantitative estimate of drug-likeness (QED) is 0.330. The number of rotatable bonds is 7. The van der Waals surface area contributed by atoms with Gasteiger partial charge < -0.3 is 5.32 Å². The molecule has 1 aromatic rings. The third-order valence-corrected chi connectivity index (χ3v) is 14.5. The molecule has 4 aliphatic rings.